The van der Waals surface area contributed by atoms with Gasteiger partial charge in [-0.2, -0.15) is 0 Å². The van der Waals surface area contributed by atoms with E-state index in [1.165, 1.54) is 0 Å². The van der Waals surface area contributed by atoms with Gasteiger partial charge >= 0.3 is 0 Å². The normalized spacial score (nSPS) is 12.4. The van der Waals surface area contributed by atoms with Crippen LogP contribution in [0.15, 0.2) is 29.1 Å². The van der Waals surface area contributed by atoms with Gasteiger partial charge in [0.2, 0.25) is 0 Å². The second-order valence-electron chi connectivity index (χ2n) is 3.25. The molecule has 0 amide bonds. The Labute approximate surface area is 117 Å². The van der Waals surface area contributed by atoms with Gasteiger partial charge in [-0.1, -0.05) is 11.6 Å². The van der Waals surface area contributed by atoms with E-state index in [2.05, 4.69) is 27.6 Å². The first-order valence-corrected chi connectivity index (χ1v) is 7.06. The predicted octanol–water partition coefficient (Wildman–Crippen LogP) is 4.54. The number of rotatable bonds is 3. The molecule has 1 aromatic carbocycles. The van der Waals surface area contributed by atoms with Crippen LogP contribution >= 0.6 is 45.5 Å². The van der Waals surface area contributed by atoms with Gasteiger partial charge in [-0.3, -0.25) is 0 Å². The van der Waals surface area contributed by atoms with Gasteiger partial charge in [0, 0.05) is 10.4 Å². The zero-order chi connectivity index (χ0) is 11.5. The highest BCUT2D eigenvalue weighted by atomic mass is 127. The van der Waals surface area contributed by atoms with Crippen molar-refractivity contribution in [3.05, 3.63) is 43.4 Å². The van der Waals surface area contributed by atoms with E-state index in [0.29, 0.717) is 5.02 Å². The van der Waals surface area contributed by atoms with E-state index < -0.39 is 0 Å². The van der Waals surface area contributed by atoms with E-state index in [9.17, 15) is 0 Å². The first-order chi connectivity index (χ1) is 7.66. The number of hydrogen-bond donors (Lipinski definition) is 0. The van der Waals surface area contributed by atoms with Crippen molar-refractivity contribution in [3.8, 4) is 5.75 Å². The van der Waals surface area contributed by atoms with Crippen molar-refractivity contribution in [3.63, 3.8) is 0 Å². The van der Waals surface area contributed by atoms with Crippen molar-refractivity contribution < 1.29 is 4.74 Å². The number of ether oxygens (including phenoxy) is 1. The molecule has 1 aromatic heterocycles. The Morgan fingerprint density at radius 1 is 1.50 bits per heavy atom. The Balaban J connectivity index is 2.17. The third-order valence-corrected chi connectivity index (χ3v) is 3.80. The van der Waals surface area contributed by atoms with Crippen LogP contribution < -0.4 is 4.74 Å². The molecule has 0 saturated carbocycles. The minimum atomic E-state index is -0.0572. The van der Waals surface area contributed by atoms with Gasteiger partial charge in [0.25, 0.3) is 0 Å². The third kappa shape index (κ3) is 2.87. The van der Waals surface area contributed by atoms with E-state index >= 15 is 0 Å². The lowest BCUT2D eigenvalue weighted by Gasteiger charge is -2.14. The second-order valence-corrected chi connectivity index (χ2v) is 5.57. The van der Waals surface area contributed by atoms with E-state index in [1.54, 1.807) is 16.8 Å². The molecular weight excluding hydrogens is 357 g/mol. The lowest BCUT2D eigenvalue weighted by atomic mass is 10.3. The van der Waals surface area contributed by atoms with Gasteiger partial charge < -0.3 is 4.74 Å². The quantitative estimate of drug-likeness (QED) is 0.745. The summed E-state index contributed by atoms with van der Waals surface area (Å²) in [5.41, 5.74) is 2.75. The van der Waals surface area contributed by atoms with Gasteiger partial charge in [0.05, 0.1) is 14.8 Å². The number of benzene rings is 1. The number of hydrogen-bond acceptors (Lipinski definition) is 3. The molecule has 0 spiro atoms. The second kappa shape index (κ2) is 5.33. The van der Waals surface area contributed by atoms with Crippen LogP contribution in [-0.2, 0) is 0 Å². The molecule has 1 unspecified atom stereocenters. The van der Waals surface area contributed by atoms with Crippen LogP contribution in [0.2, 0.25) is 5.02 Å². The first kappa shape index (κ1) is 12.1. The highest BCUT2D eigenvalue weighted by molar-refractivity contribution is 14.1. The lowest BCUT2D eigenvalue weighted by Crippen LogP contribution is -2.04. The molecular formula is C11H9ClINOS. The van der Waals surface area contributed by atoms with Crippen molar-refractivity contribution >= 4 is 45.5 Å². The summed E-state index contributed by atoms with van der Waals surface area (Å²) in [4.78, 5) is 4.22. The highest BCUT2D eigenvalue weighted by Gasteiger charge is 2.11. The fourth-order valence-electron chi connectivity index (χ4n) is 1.24. The maximum absolute atomic E-state index is 5.93. The van der Waals surface area contributed by atoms with Crippen LogP contribution in [0.1, 0.15) is 18.7 Å². The maximum Gasteiger partial charge on any atom is 0.139 e. The van der Waals surface area contributed by atoms with Gasteiger partial charge in [-0.05, 0) is 47.7 Å². The van der Waals surface area contributed by atoms with E-state index in [0.717, 1.165) is 15.0 Å². The predicted molar refractivity (Wildman–Crippen MR) is 75.3 cm³/mol. The Bertz CT molecular complexity index is 475. The third-order valence-electron chi connectivity index (χ3n) is 2.06. The molecule has 1 heterocycles. The van der Waals surface area contributed by atoms with Crippen LogP contribution in [0, 0.1) is 3.57 Å². The van der Waals surface area contributed by atoms with E-state index in [4.69, 9.17) is 16.3 Å². The molecule has 5 heteroatoms. The Morgan fingerprint density at radius 3 is 3.00 bits per heavy atom. The van der Waals surface area contributed by atoms with Crippen molar-refractivity contribution in [2.45, 2.75) is 13.0 Å². The lowest BCUT2D eigenvalue weighted by molar-refractivity contribution is 0.221. The van der Waals surface area contributed by atoms with Crippen LogP contribution in [-0.4, -0.2) is 4.98 Å². The average molecular weight is 366 g/mol. The van der Waals surface area contributed by atoms with Crippen molar-refractivity contribution in [2.24, 2.45) is 0 Å². The minimum Gasteiger partial charge on any atom is -0.483 e. The first-order valence-electron chi connectivity index (χ1n) is 4.66. The number of halogens is 2. The summed E-state index contributed by atoms with van der Waals surface area (Å²) in [6, 6.07) is 5.61. The van der Waals surface area contributed by atoms with Gasteiger partial charge in [-0.25, -0.2) is 4.98 Å². The number of thiazole rings is 1. The minimum absolute atomic E-state index is 0.0572. The molecule has 0 radical (unpaired) electrons. The molecule has 0 saturated heterocycles. The number of nitrogens with zero attached hydrogens (tertiary/aromatic N) is 1. The van der Waals surface area contributed by atoms with Crippen LogP contribution in [0.3, 0.4) is 0 Å². The molecule has 2 aromatic rings. The summed E-state index contributed by atoms with van der Waals surface area (Å²) >= 11 is 9.72. The van der Waals surface area contributed by atoms with Gasteiger partial charge in [0.1, 0.15) is 11.9 Å². The summed E-state index contributed by atoms with van der Waals surface area (Å²) in [6.45, 7) is 1.98. The Kier molecular flexibility index (Phi) is 4.05. The molecule has 0 aliphatic heterocycles. The molecule has 2 rings (SSSR count). The summed E-state index contributed by atoms with van der Waals surface area (Å²) in [5.74, 6) is 0.800. The van der Waals surface area contributed by atoms with Crippen molar-refractivity contribution in [2.75, 3.05) is 0 Å². The van der Waals surface area contributed by atoms with E-state index in [-0.39, 0.29) is 6.10 Å². The maximum atomic E-state index is 5.93. The zero-order valence-electron chi connectivity index (χ0n) is 8.48. The highest BCUT2D eigenvalue weighted by Crippen LogP contribution is 2.29. The van der Waals surface area contributed by atoms with Crippen LogP contribution in [0.4, 0.5) is 0 Å². The number of aromatic nitrogens is 1. The fourth-order valence-corrected chi connectivity index (χ4v) is 2.50. The van der Waals surface area contributed by atoms with Crippen molar-refractivity contribution in [1.82, 2.24) is 4.98 Å². The van der Waals surface area contributed by atoms with Crippen LogP contribution in [0.25, 0.3) is 0 Å². The van der Waals surface area contributed by atoms with Gasteiger partial charge in [-0.15, -0.1) is 11.3 Å². The molecule has 16 heavy (non-hydrogen) atoms. The Hall–Kier alpha value is -0.330. The molecule has 0 fully saturated rings. The molecule has 84 valence electrons. The Morgan fingerprint density at radius 2 is 2.31 bits per heavy atom. The molecule has 0 aliphatic rings. The summed E-state index contributed by atoms with van der Waals surface area (Å²) in [5, 5.41) is 2.67. The smallest absolute Gasteiger partial charge is 0.139 e. The standard InChI is InChI=1S/C11H9ClINOS/c1-7(10-5-16-6-14-10)15-11-4-8(12)2-3-9(11)13/h2-7H,1H3. The topological polar surface area (TPSA) is 22.1 Å². The molecule has 1 atom stereocenters. The largest absolute Gasteiger partial charge is 0.483 e. The fraction of sp³-hybridized carbons (Fsp3) is 0.182. The van der Waals surface area contributed by atoms with E-state index in [1.807, 2.05) is 30.5 Å². The monoisotopic (exact) mass is 365 g/mol. The molecule has 0 bridgehead atoms. The van der Waals surface area contributed by atoms with Crippen molar-refractivity contribution in [1.29, 1.82) is 0 Å². The van der Waals surface area contributed by atoms with Gasteiger partial charge in [0.15, 0.2) is 0 Å². The van der Waals surface area contributed by atoms with Crippen LogP contribution in [0.5, 0.6) is 5.75 Å². The molecule has 0 aliphatic carbocycles. The molecule has 0 N–H and O–H groups in total. The molecule has 2 nitrogen and oxygen atoms in total. The zero-order valence-corrected chi connectivity index (χ0v) is 12.2. The summed E-state index contributed by atoms with van der Waals surface area (Å²) < 4.78 is 6.87. The summed E-state index contributed by atoms with van der Waals surface area (Å²) in [7, 11) is 0. The SMILES string of the molecule is CC(Oc1cc(Cl)ccc1I)c1cscn1. The average Bonchev–Trinajstić information content (AvgIpc) is 2.76. The summed E-state index contributed by atoms with van der Waals surface area (Å²) in [6.07, 6.45) is -0.0572.